The minimum Gasteiger partial charge on any atom is -0.383 e. The molecule has 0 aliphatic rings. The number of halogens is 1. The first-order valence-electron chi connectivity index (χ1n) is 7.18. The van der Waals surface area contributed by atoms with Crippen molar-refractivity contribution in [3.05, 3.63) is 34.9 Å². The van der Waals surface area contributed by atoms with Gasteiger partial charge in [0.2, 0.25) is 0 Å². The van der Waals surface area contributed by atoms with E-state index >= 15 is 0 Å². The van der Waals surface area contributed by atoms with E-state index in [1.54, 1.807) is 7.11 Å². The molecular weight excluding hydrogens is 272 g/mol. The first-order valence-corrected chi connectivity index (χ1v) is 7.55. The molecule has 1 rings (SSSR count). The van der Waals surface area contributed by atoms with Crippen LogP contribution >= 0.6 is 11.6 Å². The van der Waals surface area contributed by atoms with Crippen LogP contribution in [0.25, 0.3) is 0 Å². The van der Waals surface area contributed by atoms with Gasteiger partial charge in [-0.15, -0.1) is 0 Å². The standard InChI is InChI=1S/C16H27ClN2O/c1-13(2)9-18-10-15(12-20-4)19(3)11-14-7-5-6-8-16(14)17/h5-8,13,15,18H,9-12H2,1-4H3. The Bertz CT molecular complexity index is 384. The number of hydrogen-bond donors (Lipinski definition) is 1. The van der Waals surface area contributed by atoms with Gasteiger partial charge >= 0.3 is 0 Å². The summed E-state index contributed by atoms with van der Waals surface area (Å²) >= 11 is 6.22. The molecular formula is C16H27ClN2O. The lowest BCUT2D eigenvalue weighted by molar-refractivity contribution is 0.101. The van der Waals surface area contributed by atoms with E-state index in [2.05, 4.69) is 37.2 Å². The van der Waals surface area contributed by atoms with Crippen LogP contribution in [0.15, 0.2) is 24.3 Å². The van der Waals surface area contributed by atoms with Gasteiger partial charge in [0.15, 0.2) is 0 Å². The zero-order valence-corrected chi connectivity index (χ0v) is 13.8. The second kappa shape index (κ2) is 9.35. The number of benzene rings is 1. The Morgan fingerprint density at radius 3 is 2.55 bits per heavy atom. The van der Waals surface area contributed by atoms with Gasteiger partial charge in [-0.05, 0) is 31.1 Å². The maximum atomic E-state index is 6.22. The number of hydrogen-bond acceptors (Lipinski definition) is 3. The number of ether oxygens (including phenoxy) is 1. The van der Waals surface area contributed by atoms with Crippen LogP contribution in [0.3, 0.4) is 0 Å². The van der Waals surface area contributed by atoms with Gasteiger partial charge in [0.1, 0.15) is 0 Å². The van der Waals surface area contributed by atoms with E-state index in [1.165, 1.54) is 0 Å². The summed E-state index contributed by atoms with van der Waals surface area (Å²) in [7, 11) is 3.86. The minimum absolute atomic E-state index is 0.343. The van der Waals surface area contributed by atoms with Crippen molar-refractivity contribution >= 4 is 11.6 Å². The van der Waals surface area contributed by atoms with Gasteiger partial charge in [0, 0.05) is 31.3 Å². The molecule has 4 heteroatoms. The first kappa shape index (κ1) is 17.4. The molecule has 0 spiro atoms. The second-order valence-corrected chi connectivity index (χ2v) is 6.07. The Morgan fingerprint density at radius 2 is 1.95 bits per heavy atom. The van der Waals surface area contributed by atoms with E-state index in [4.69, 9.17) is 16.3 Å². The summed E-state index contributed by atoms with van der Waals surface area (Å²) < 4.78 is 5.34. The van der Waals surface area contributed by atoms with E-state index in [1.807, 2.05) is 18.2 Å². The molecule has 0 radical (unpaired) electrons. The Hall–Kier alpha value is -0.610. The molecule has 1 aromatic rings. The number of nitrogens with one attached hydrogen (secondary N) is 1. The SMILES string of the molecule is COCC(CNCC(C)C)N(C)Cc1ccccc1Cl. The van der Waals surface area contributed by atoms with Gasteiger partial charge in [0.25, 0.3) is 0 Å². The summed E-state index contributed by atoms with van der Waals surface area (Å²) in [6.07, 6.45) is 0. The van der Waals surface area contributed by atoms with Crippen LogP contribution in [-0.2, 0) is 11.3 Å². The maximum Gasteiger partial charge on any atom is 0.0630 e. The number of likely N-dealkylation sites (N-methyl/N-ethyl adjacent to an activating group) is 1. The normalized spacial score (nSPS) is 13.2. The van der Waals surface area contributed by atoms with E-state index < -0.39 is 0 Å². The lowest BCUT2D eigenvalue weighted by atomic mass is 10.1. The van der Waals surface area contributed by atoms with Crippen LogP contribution < -0.4 is 5.32 Å². The molecule has 1 unspecified atom stereocenters. The van der Waals surface area contributed by atoms with Crippen molar-refractivity contribution in [3.8, 4) is 0 Å². The average Bonchev–Trinajstić information content (AvgIpc) is 2.40. The monoisotopic (exact) mass is 298 g/mol. The smallest absolute Gasteiger partial charge is 0.0630 e. The van der Waals surface area contributed by atoms with Crippen LogP contribution in [0.5, 0.6) is 0 Å². The van der Waals surface area contributed by atoms with Crippen molar-refractivity contribution in [1.29, 1.82) is 0 Å². The predicted octanol–water partition coefficient (Wildman–Crippen LogP) is 3.03. The topological polar surface area (TPSA) is 24.5 Å². The lowest BCUT2D eigenvalue weighted by Gasteiger charge is -2.28. The molecule has 1 atom stereocenters. The van der Waals surface area contributed by atoms with E-state index in [0.717, 1.165) is 30.2 Å². The van der Waals surface area contributed by atoms with Crippen molar-refractivity contribution in [2.45, 2.75) is 26.4 Å². The molecule has 0 heterocycles. The third kappa shape index (κ3) is 6.23. The highest BCUT2D eigenvalue weighted by molar-refractivity contribution is 6.31. The summed E-state index contributed by atoms with van der Waals surface area (Å²) in [6.45, 7) is 7.92. The molecule has 0 aliphatic carbocycles. The highest BCUT2D eigenvalue weighted by atomic mass is 35.5. The molecule has 0 saturated carbocycles. The van der Waals surface area contributed by atoms with Crippen LogP contribution in [0.1, 0.15) is 19.4 Å². The molecule has 0 aromatic heterocycles. The third-order valence-electron chi connectivity index (χ3n) is 3.29. The van der Waals surface area contributed by atoms with Crippen LogP contribution in [0.2, 0.25) is 5.02 Å². The molecule has 0 aliphatic heterocycles. The summed E-state index contributed by atoms with van der Waals surface area (Å²) in [5.74, 6) is 0.659. The third-order valence-corrected chi connectivity index (χ3v) is 3.66. The highest BCUT2D eigenvalue weighted by Crippen LogP contribution is 2.17. The maximum absolute atomic E-state index is 6.22. The number of methoxy groups -OCH3 is 1. The summed E-state index contributed by atoms with van der Waals surface area (Å²) in [5, 5.41) is 4.32. The van der Waals surface area contributed by atoms with Crippen LogP contribution in [-0.4, -0.2) is 44.8 Å². The molecule has 1 aromatic carbocycles. The van der Waals surface area contributed by atoms with Gasteiger partial charge in [-0.25, -0.2) is 0 Å². The van der Waals surface area contributed by atoms with Crippen LogP contribution in [0, 0.1) is 5.92 Å². The molecule has 0 bridgehead atoms. The van der Waals surface area contributed by atoms with Gasteiger partial charge in [-0.2, -0.15) is 0 Å². The van der Waals surface area contributed by atoms with Crippen molar-refractivity contribution < 1.29 is 4.74 Å². The quantitative estimate of drug-likeness (QED) is 0.758. The van der Waals surface area contributed by atoms with Crippen molar-refractivity contribution in [1.82, 2.24) is 10.2 Å². The Balaban J connectivity index is 2.55. The van der Waals surface area contributed by atoms with Crippen molar-refractivity contribution in [3.63, 3.8) is 0 Å². The van der Waals surface area contributed by atoms with Crippen LogP contribution in [0.4, 0.5) is 0 Å². The molecule has 3 nitrogen and oxygen atoms in total. The first-order chi connectivity index (χ1) is 9.54. The van der Waals surface area contributed by atoms with Gasteiger partial charge in [-0.3, -0.25) is 4.90 Å². The van der Waals surface area contributed by atoms with Gasteiger partial charge in [-0.1, -0.05) is 43.6 Å². The largest absolute Gasteiger partial charge is 0.383 e. The number of rotatable bonds is 9. The fraction of sp³-hybridized carbons (Fsp3) is 0.625. The summed E-state index contributed by atoms with van der Waals surface area (Å²) in [4.78, 5) is 2.29. The van der Waals surface area contributed by atoms with E-state index in [-0.39, 0.29) is 0 Å². The summed E-state index contributed by atoms with van der Waals surface area (Å²) in [6, 6.07) is 8.34. The Labute approximate surface area is 128 Å². The molecule has 20 heavy (non-hydrogen) atoms. The van der Waals surface area contributed by atoms with Crippen molar-refractivity contribution in [2.75, 3.05) is 33.9 Å². The Morgan fingerprint density at radius 1 is 1.25 bits per heavy atom. The second-order valence-electron chi connectivity index (χ2n) is 5.67. The molecule has 0 amide bonds. The average molecular weight is 299 g/mol. The highest BCUT2D eigenvalue weighted by Gasteiger charge is 2.15. The zero-order valence-electron chi connectivity index (χ0n) is 13.0. The van der Waals surface area contributed by atoms with Gasteiger partial charge < -0.3 is 10.1 Å². The molecule has 0 fully saturated rings. The van der Waals surface area contributed by atoms with Crippen molar-refractivity contribution in [2.24, 2.45) is 5.92 Å². The minimum atomic E-state index is 0.343. The number of nitrogens with zero attached hydrogens (tertiary/aromatic N) is 1. The lowest BCUT2D eigenvalue weighted by Crippen LogP contribution is -2.43. The fourth-order valence-electron chi connectivity index (χ4n) is 2.10. The van der Waals surface area contributed by atoms with E-state index in [0.29, 0.717) is 18.6 Å². The van der Waals surface area contributed by atoms with Gasteiger partial charge in [0.05, 0.1) is 6.61 Å². The molecule has 1 N–H and O–H groups in total. The fourth-order valence-corrected chi connectivity index (χ4v) is 2.29. The summed E-state index contributed by atoms with van der Waals surface area (Å²) in [5.41, 5.74) is 1.15. The predicted molar refractivity (Wildman–Crippen MR) is 86.3 cm³/mol. The molecule has 0 saturated heterocycles. The molecule has 114 valence electrons. The zero-order chi connectivity index (χ0) is 15.0. The van der Waals surface area contributed by atoms with E-state index in [9.17, 15) is 0 Å². The Kier molecular flexibility index (Phi) is 8.15.